The number of hydrogen-bond donors (Lipinski definition) is 2. The molecule has 2 aliphatic heterocycles. The van der Waals surface area contributed by atoms with Crippen molar-refractivity contribution < 1.29 is 43.5 Å². The van der Waals surface area contributed by atoms with Crippen molar-refractivity contribution in [2.75, 3.05) is 19.8 Å². The highest BCUT2D eigenvalue weighted by Gasteiger charge is 2.87. The number of ether oxygens (including phenoxy) is 4. The molecule has 2 heterocycles. The summed E-state index contributed by atoms with van der Waals surface area (Å²) in [5.41, 5.74) is -2.93. The van der Waals surface area contributed by atoms with Crippen molar-refractivity contribution in [1.29, 1.82) is 0 Å². The molecule has 4 saturated carbocycles. The van der Waals surface area contributed by atoms with Crippen LogP contribution in [0.25, 0.3) is 0 Å². The first-order valence-corrected chi connectivity index (χ1v) is 12.9. The number of esters is 2. The Labute approximate surface area is 205 Å². The van der Waals surface area contributed by atoms with Gasteiger partial charge in [0.25, 0.3) is 0 Å². The predicted octanol–water partition coefficient (Wildman–Crippen LogP) is 1.61. The van der Waals surface area contributed by atoms with Gasteiger partial charge in [0.05, 0.1) is 18.6 Å². The van der Waals surface area contributed by atoms with E-state index in [0.29, 0.717) is 32.3 Å². The second-order valence-electron chi connectivity index (χ2n) is 12.1. The second kappa shape index (κ2) is 7.97. The highest BCUT2D eigenvalue weighted by Crippen LogP contribution is 2.77. The van der Waals surface area contributed by atoms with Crippen LogP contribution in [-0.4, -0.2) is 71.9 Å². The summed E-state index contributed by atoms with van der Waals surface area (Å²) in [4.78, 5) is 38.8. The molecule has 4 aliphatic carbocycles. The summed E-state index contributed by atoms with van der Waals surface area (Å²) in [5.74, 6) is -5.15. The van der Waals surface area contributed by atoms with Gasteiger partial charge in [0.2, 0.25) is 5.79 Å². The molecule has 0 radical (unpaired) electrons. The Morgan fingerprint density at radius 2 is 1.83 bits per heavy atom. The van der Waals surface area contributed by atoms with Crippen molar-refractivity contribution in [2.24, 2.45) is 39.9 Å². The SMILES string of the molecule is CCOCC1C(=O)C23CC1CC(OC(C)=O)C2C12COC3(O)C(O)C1C(C)(C)CCC2OC(C)=O. The lowest BCUT2D eigenvalue weighted by molar-refractivity contribution is -0.455. The fraction of sp³-hybridized carbons (Fsp3) is 0.885. The molecule has 2 saturated heterocycles. The summed E-state index contributed by atoms with van der Waals surface area (Å²) in [5, 5.41) is 24.0. The van der Waals surface area contributed by atoms with Gasteiger partial charge in [-0.3, -0.25) is 14.4 Å². The third kappa shape index (κ3) is 3.04. The molecule has 9 heteroatoms. The monoisotopic (exact) mass is 494 g/mol. The van der Waals surface area contributed by atoms with Gasteiger partial charge in [-0.2, -0.15) is 0 Å². The zero-order valence-corrected chi connectivity index (χ0v) is 21.2. The Balaban J connectivity index is 1.74. The minimum atomic E-state index is -2.13. The minimum Gasteiger partial charge on any atom is -0.462 e. The number of aliphatic hydroxyl groups is 2. The molecule has 10 unspecified atom stereocenters. The molecular formula is C26H38O9. The van der Waals surface area contributed by atoms with Crippen molar-refractivity contribution in [1.82, 2.24) is 0 Å². The van der Waals surface area contributed by atoms with E-state index in [-0.39, 0.29) is 24.9 Å². The van der Waals surface area contributed by atoms with Gasteiger partial charge in [-0.05, 0) is 43.9 Å². The maximum absolute atomic E-state index is 14.3. The van der Waals surface area contributed by atoms with E-state index in [2.05, 4.69) is 0 Å². The molecule has 0 aromatic heterocycles. The van der Waals surface area contributed by atoms with Crippen LogP contribution in [0.15, 0.2) is 0 Å². The van der Waals surface area contributed by atoms with E-state index in [0.717, 1.165) is 0 Å². The van der Waals surface area contributed by atoms with Gasteiger partial charge in [0.1, 0.15) is 18.3 Å². The molecule has 6 rings (SSSR count). The third-order valence-electron chi connectivity index (χ3n) is 10.0. The average molecular weight is 495 g/mol. The molecule has 0 aromatic rings. The summed E-state index contributed by atoms with van der Waals surface area (Å²) in [6.45, 7) is 9.25. The molecule has 2 spiro atoms. The number of carbonyl (C=O) groups is 3. The molecule has 4 bridgehead atoms. The molecule has 196 valence electrons. The average Bonchev–Trinajstić information content (AvgIpc) is 2.97. The van der Waals surface area contributed by atoms with Crippen LogP contribution in [0.5, 0.6) is 0 Å². The van der Waals surface area contributed by atoms with Gasteiger partial charge in [-0.1, -0.05) is 13.8 Å². The van der Waals surface area contributed by atoms with Crippen LogP contribution in [0, 0.1) is 39.9 Å². The minimum absolute atomic E-state index is 0.00482. The first kappa shape index (κ1) is 25.1. The maximum atomic E-state index is 14.3. The summed E-state index contributed by atoms with van der Waals surface area (Å²) in [6.07, 6.45) is -0.757. The summed E-state index contributed by atoms with van der Waals surface area (Å²) >= 11 is 0. The lowest BCUT2D eigenvalue weighted by atomic mass is 9.35. The van der Waals surface area contributed by atoms with Crippen molar-refractivity contribution >= 4 is 17.7 Å². The van der Waals surface area contributed by atoms with E-state index in [9.17, 15) is 24.6 Å². The third-order valence-corrected chi connectivity index (χ3v) is 10.0. The van der Waals surface area contributed by atoms with E-state index >= 15 is 0 Å². The van der Waals surface area contributed by atoms with Crippen molar-refractivity contribution in [2.45, 2.75) is 84.4 Å². The molecule has 6 fully saturated rings. The number of aliphatic hydroxyl groups excluding tert-OH is 1. The van der Waals surface area contributed by atoms with E-state index in [1.54, 1.807) is 0 Å². The Morgan fingerprint density at radius 3 is 2.46 bits per heavy atom. The number of rotatable bonds is 5. The summed E-state index contributed by atoms with van der Waals surface area (Å²) < 4.78 is 23.6. The van der Waals surface area contributed by atoms with Crippen molar-refractivity contribution in [3.63, 3.8) is 0 Å². The molecule has 35 heavy (non-hydrogen) atoms. The van der Waals surface area contributed by atoms with Crippen LogP contribution < -0.4 is 0 Å². The van der Waals surface area contributed by atoms with Gasteiger partial charge in [-0.15, -0.1) is 0 Å². The summed E-state index contributed by atoms with van der Waals surface area (Å²) in [7, 11) is 0. The number of fused-ring (bicyclic) bond motifs is 2. The maximum Gasteiger partial charge on any atom is 0.302 e. The smallest absolute Gasteiger partial charge is 0.302 e. The fourth-order valence-corrected chi connectivity index (χ4v) is 9.17. The standard InChI is InChI=1S/C26H38O9/c1-6-32-11-16-15-9-17(34-13(2)27)19-24-12-33-26(31,25(19,10-15)21(16)29)22(30)20(24)23(4,5)8-7-18(24)35-14(3)28/h15-20,22,30-31H,6-12H2,1-5H3. The van der Waals surface area contributed by atoms with Crippen LogP contribution in [0.3, 0.4) is 0 Å². The number of hydrogen-bond acceptors (Lipinski definition) is 9. The van der Waals surface area contributed by atoms with Gasteiger partial charge in [-0.25, -0.2) is 0 Å². The van der Waals surface area contributed by atoms with Crippen LogP contribution in [-0.2, 0) is 33.3 Å². The van der Waals surface area contributed by atoms with Gasteiger partial charge in [0, 0.05) is 43.6 Å². The van der Waals surface area contributed by atoms with Crippen LogP contribution in [0.4, 0.5) is 0 Å². The largest absolute Gasteiger partial charge is 0.462 e. The van der Waals surface area contributed by atoms with E-state index in [1.807, 2.05) is 20.8 Å². The van der Waals surface area contributed by atoms with Gasteiger partial charge >= 0.3 is 11.9 Å². The second-order valence-corrected chi connectivity index (χ2v) is 12.1. The number of carbonyl (C=O) groups excluding carboxylic acids is 3. The van der Waals surface area contributed by atoms with Crippen LogP contribution in [0.1, 0.15) is 60.3 Å². The summed E-state index contributed by atoms with van der Waals surface area (Å²) in [6, 6.07) is 0. The number of ketones is 1. The molecule has 6 aliphatic rings. The lowest BCUT2D eigenvalue weighted by Gasteiger charge is -2.74. The highest BCUT2D eigenvalue weighted by atomic mass is 16.6. The number of Topliss-reactive ketones (excluding diaryl/α,β-unsaturated/α-hetero) is 1. The van der Waals surface area contributed by atoms with Crippen LogP contribution >= 0.6 is 0 Å². The quantitative estimate of drug-likeness (QED) is 0.548. The van der Waals surface area contributed by atoms with Crippen molar-refractivity contribution in [3.05, 3.63) is 0 Å². The zero-order chi connectivity index (χ0) is 25.6. The van der Waals surface area contributed by atoms with E-state index in [1.165, 1.54) is 13.8 Å². The Kier molecular flexibility index (Phi) is 5.72. The predicted molar refractivity (Wildman–Crippen MR) is 121 cm³/mol. The topological polar surface area (TPSA) is 129 Å². The zero-order valence-electron chi connectivity index (χ0n) is 21.2. The molecule has 2 N–H and O–H groups in total. The fourth-order valence-electron chi connectivity index (χ4n) is 9.17. The first-order chi connectivity index (χ1) is 16.4. The van der Waals surface area contributed by atoms with E-state index < -0.39 is 70.0 Å². The Bertz CT molecular complexity index is 932. The Hall–Kier alpha value is -1.55. The molecule has 9 nitrogen and oxygen atoms in total. The normalized spacial score (nSPS) is 49.2. The highest BCUT2D eigenvalue weighted by molar-refractivity contribution is 5.92. The van der Waals surface area contributed by atoms with E-state index in [4.69, 9.17) is 18.9 Å². The lowest BCUT2D eigenvalue weighted by Crippen LogP contribution is -2.85. The molecular weight excluding hydrogens is 456 g/mol. The van der Waals surface area contributed by atoms with Crippen molar-refractivity contribution in [3.8, 4) is 0 Å². The van der Waals surface area contributed by atoms with Gasteiger partial charge < -0.3 is 29.2 Å². The molecule has 0 amide bonds. The molecule has 0 aromatic carbocycles. The van der Waals surface area contributed by atoms with Gasteiger partial charge in [0.15, 0.2) is 5.78 Å². The first-order valence-electron chi connectivity index (χ1n) is 12.9. The molecule has 10 atom stereocenters. The van der Waals surface area contributed by atoms with Crippen LogP contribution in [0.2, 0.25) is 0 Å². The Morgan fingerprint density at radius 1 is 1.14 bits per heavy atom.